The van der Waals surface area contributed by atoms with Crippen LogP contribution in [0, 0.1) is 0 Å². The Kier molecular flexibility index (Phi) is 5.16. The molecule has 2 aromatic carbocycles. The van der Waals surface area contributed by atoms with Crippen LogP contribution in [0.2, 0.25) is 0 Å². The first kappa shape index (κ1) is 18.6. The molecule has 0 bridgehead atoms. The lowest BCUT2D eigenvalue weighted by atomic mass is 9.92. The number of nitrogens with two attached hydrogens (primary N) is 1. The number of thiophene rings is 1. The van der Waals surface area contributed by atoms with Crippen molar-refractivity contribution in [1.29, 1.82) is 0 Å². The van der Waals surface area contributed by atoms with Gasteiger partial charge >= 0.3 is 0 Å². The van der Waals surface area contributed by atoms with E-state index in [2.05, 4.69) is 4.98 Å². The summed E-state index contributed by atoms with van der Waals surface area (Å²) in [6, 6.07) is 13.7. The largest absolute Gasteiger partial charge is 0.392 e. The number of rotatable bonds is 3. The lowest BCUT2D eigenvalue weighted by Gasteiger charge is -2.14. The maximum Gasteiger partial charge on any atom is 0.266 e. The Labute approximate surface area is 160 Å². The second-order valence-corrected chi connectivity index (χ2v) is 7.12. The Morgan fingerprint density at radius 1 is 1.15 bits per heavy atom. The highest BCUT2D eigenvalue weighted by Gasteiger charge is 2.15. The van der Waals surface area contributed by atoms with Gasteiger partial charge in [0.05, 0.1) is 6.61 Å². The lowest BCUT2D eigenvalue weighted by molar-refractivity contribution is 0.282. The van der Waals surface area contributed by atoms with Gasteiger partial charge in [-0.2, -0.15) is 0 Å². The van der Waals surface area contributed by atoms with E-state index >= 15 is 0 Å². The normalized spacial score (nSPS) is 12.3. The van der Waals surface area contributed by atoms with Crippen molar-refractivity contribution in [1.82, 2.24) is 4.98 Å². The molecule has 2 aromatic heterocycles. The summed E-state index contributed by atoms with van der Waals surface area (Å²) in [6.07, 6.45) is 0. The third kappa shape index (κ3) is 2.93. The average molecular weight is 387 g/mol. The van der Waals surface area contributed by atoms with Gasteiger partial charge in [-0.3, -0.25) is 4.79 Å². The first-order valence-electron chi connectivity index (χ1n) is 8.12. The Morgan fingerprint density at radius 3 is 2.54 bits per heavy atom. The predicted molar refractivity (Wildman–Crippen MR) is 111 cm³/mol. The van der Waals surface area contributed by atoms with Crippen molar-refractivity contribution < 1.29 is 5.11 Å². The van der Waals surface area contributed by atoms with Crippen molar-refractivity contribution in [2.75, 3.05) is 0 Å². The van der Waals surface area contributed by atoms with Crippen LogP contribution in [-0.4, -0.2) is 10.1 Å². The van der Waals surface area contributed by atoms with E-state index in [9.17, 15) is 9.90 Å². The number of fused-ring (bicyclic) bond motifs is 3. The zero-order valence-electron chi connectivity index (χ0n) is 14.2. The molecule has 0 saturated heterocycles. The van der Waals surface area contributed by atoms with Gasteiger partial charge in [-0.05, 0) is 46.7 Å². The van der Waals surface area contributed by atoms with Gasteiger partial charge in [0.1, 0.15) is 4.70 Å². The fourth-order valence-corrected chi connectivity index (χ4v) is 4.10. The highest BCUT2D eigenvalue weighted by Crippen LogP contribution is 2.36. The van der Waals surface area contributed by atoms with Crippen LogP contribution in [-0.2, 0) is 6.61 Å². The van der Waals surface area contributed by atoms with Gasteiger partial charge in [-0.1, -0.05) is 30.3 Å². The third-order valence-electron chi connectivity index (χ3n) is 4.58. The van der Waals surface area contributed by atoms with Crippen LogP contribution in [0.1, 0.15) is 24.1 Å². The number of H-pyrrole nitrogens is 1. The Bertz CT molecular complexity index is 1130. The van der Waals surface area contributed by atoms with Crippen LogP contribution in [0.25, 0.3) is 32.1 Å². The van der Waals surface area contributed by atoms with Gasteiger partial charge in [0.25, 0.3) is 5.56 Å². The highest BCUT2D eigenvalue weighted by molar-refractivity contribution is 7.17. The molecule has 0 spiro atoms. The number of hydrogen-bond donors (Lipinski definition) is 3. The maximum absolute atomic E-state index is 12.3. The molecular weight excluding hydrogens is 368 g/mol. The fourth-order valence-electron chi connectivity index (χ4n) is 3.31. The van der Waals surface area contributed by atoms with Crippen molar-refractivity contribution >= 4 is 44.7 Å². The molecule has 0 amide bonds. The molecule has 0 aliphatic rings. The van der Waals surface area contributed by atoms with Crippen LogP contribution >= 0.6 is 23.7 Å². The molecule has 134 valence electrons. The average Bonchev–Trinajstić information content (AvgIpc) is 3.11. The summed E-state index contributed by atoms with van der Waals surface area (Å²) < 4.78 is 0.705. The Balaban J connectivity index is 0.00000196. The molecule has 4 rings (SSSR count). The predicted octanol–water partition coefficient (Wildman–Crippen LogP) is 4.34. The van der Waals surface area contributed by atoms with Gasteiger partial charge in [0, 0.05) is 22.3 Å². The molecule has 0 saturated carbocycles. The molecule has 0 fully saturated rings. The molecule has 26 heavy (non-hydrogen) atoms. The van der Waals surface area contributed by atoms with Crippen molar-refractivity contribution in [3.8, 4) is 11.1 Å². The van der Waals surface area contributed by atoms with Gasteiger partial charge in [0.15, 0.2) is 0 Å². The zero-order chi connectivity index (χ0) is 17.6. The molecule has 4 nitrogen and oxygen atoms in total. The summed E-state index contributed by atoms with van der Waals surface area (Å²) in [4.78, 5) is 15.2. The number of halogens is 1. The fraction of sp³-hybridized carbons (Fsp3) is 0.150. The number of aromatic nitrogens is 1. The van der Waals surface area contributed by atoms with Gasteiger partial charge in [0.2, 0.25) is 0 Å². The minimum atomic E-state index is -0.0764. The number of aliphatic hydroxyl groups is 1. The molecular formula is C20H19ClN2O2S. The number of benzene rings is 2. The van der Waals surface area contributed by atoms with Crippen LogP contribution in [0.3, 0.4) is 0 Å². The van der Waals surface area contributed by atoms with Crippen molar-refractivity contribution in [2.24, 2.45) is 5.73 Å². The van der Waals surface area contributed by atoms with E-state index in [0.29, 0.717) is 4.70 Å². The topological polar surface area (TPSA) is 79.1 Å². The second-order valence-electron chi connectivity index (χ2n) is 6.21. The third-order valence-corrected chi connectivity index (χ3v) is 5.49. The number of pyridine rings is 1. The molecule has 1 atom stereocenters. The standard InChI is InChI=1S/C20H18N2O2S.ClH/c1-11(21)12-2-4-13(5-3-12)17-14(10-23)6-7-16-18(17)15-8-9-25-19(15)20(24)22-16;/h2-9,11,23H,10,21H2,1H3,(H,22,24);1H/t11-;/m0./s1. The Hall–Kier alpha value is -2.18. The van der Waals surface area contributed by atoms with E-state index in [1.54, 1.807) is 0 Å². The van der Waals surface area contributed by atoms with Crippen LogP contribution in [0.15, 0.2) is 52.6 Å². The molecule has 4 N–H and O–H groups in total. The quantitative estimate of drug-likeness (QED) is 0.490. The van der Waals surface area contributed by atoms with E-state index in [0.717, 1.165) is 38.5 Å². The summed E-state index contributed by atoms with van der Waals surface area (Å²) in [6.45, 7) is 1.89. The van der Waals surface area contributed by atoms with Crippen molar-refractivity contribution in [2.45, 2.75) is 19.6 Å². The Morgan fingerprint density at radius 2 is 1.88 bits per heavy atom. The molecule has 0 radical (unpaired) electrons. The second kappa shape index (κ2) is 7.21. The van der Waals surface area contributed by atoms with Crippen LogP contribution in [0.5, 0.6) is 0 Å². The lowest BCUT2D eigenvalue weighted by Crippen LogP contribution is -2.06. The van der Waals surface area contributed by atoms with Crippen molar-refractivity contribution in [3.05, 3.63) is 69.3 Å². The van der Waals surface area contributed by atoms with Gasteiger partial charge in [-0.25, -0.2) is 0 Å². The molecule has 0 unspecified atom stereocenters. The van der Waals surface area contributed by atoms with E-state index in [-0.39, 0.29) is 30.6 Å². The monoisotopic (exact) mass is 386 g/mol. The van der Waals surface area contributed by atoms with E-state index < -0.39 is 0 Å². The smallest absolute Gasteiger partial charge is 0.266 e. The molecule has 4 aromatic rings. The summed E-state index contributed by atoms with van der Waals surface area (Å²) in [5, 5.41) is 13.7. The van der Waals surface area contributed by atoms with Crippen LogP contribution < -0.4 is 11.3 Å². The van der Waals surface area contributed by atoms with Crippen LogP contribution in [0.4, 0.5) is 0 Å². The highest BCUT2D eigenvalue weighted by atomic mass is 35.5. The summed E-state index contributed by atoms with van der Waals surface area (Å²) in [7, 11) is 0. The molecule has 2 heterocycles. The van der Waals surface area contributed by atoms with Gasteiger partial charge in [-0.15, -0.1) is 23.7 Å². The molecule has 0 aliphatic carbocycles. The number of aliphatic hydroxyl groups excluding tert-OH is 1. The SMILES string of the molecule is C[C@H](N)c1ccc(-c2c(CO)ccc3[nH]c(=O)c4sccc4c23)cc1.Cl. The minimum Gasteiger partial charge on any atom is -0.392 e. The zero-order valence-corrected chi connectivity index (χ0v) is 15.8. The minimum absolute atomic E-state index is 0. The van der Waals surface area contributed by atoms with Gasteiger partial charge < -0.3 is 15.8 Å². The van der Waals surface area contributed by atoms with E-state index in [1.165, 1.54) is 11.3 Å². The first-order valence-corrected chi connectivity index (χ1v) is 9.00. The first-order chi connectivity index (χ1) is 12.1. The van der Waals surface area contributed by atoms with E-state index in [4.69, 9.17) is 5.73 Å². The summed E-state index contributed by atoms with van der Waals surface area (Å²) >= 11 is 1.43. The summed E-state index contributed by atoms with van der Waals surface area (Å²) in [5.74, 6) is 0. The number of nitrogens with one attached hydrogen (secondary N) is 1. The number of hydrogen-bond acceptors (Lipinski definition) is 4. The summed E-state index contributed by atoms with van der Waals surface area (Å²) in [5.41, 5.74) is 10.5. The van der Waals surface area contributed by atoms with Crippen molar-refractivity contribution in [3.63, 3.8) is 0 Å². The number of aromatic amines is 1. The maximum atomic E-state index is 12.3. The molecule has 6 heteroatoms. The van der Waals surface area contributed by atoms with E-state index in [1.807, 2.05) is 54.8 Å². The molecule has 0 aliphatic heterocycles.